The molecule has 3 aliphatic rings. The first kappa shape index (κ1) is 22.3. The van der Waals surface area contributed by atoms with Gasteiger partial charge in [0.15, 0.2) is 0 Å². The smallest absolute Gasteiger partial charge is 0.319 e. The minimum absolute atomic E-state index is 0.0670. The summed E-state index contributed by atoms with van der Waals surface area (Å²) in [6, 6.07) is 0.215. The third kappa shape index (κ3) is 3.52. The van der Waals surface area contributed by atoms with E-state index in [1.165, 1.54) is 19.0 Å². The van der Waals surface area contributed by atoms with Gasteiger partial charge in [0.25, 0.3) is 0 Å². The number of rotatable bonds is 2. The minimum atomic E-state index is -0.567. The van der Waals surface area contributed by atoms with Crippen LogP contribution in [0.2, 0.25) is 0 Å². The largest absolute Gasteiger partial charge is 0.321 e. The molecule has 1 aliphatic carbocycles. The van der Waals surface area contributed by atoms with Crippen molar-refractivity contribution >= 4 is 6.03 Å². The second-order valence-corrected chi connectivity index (χ2v) is 10.7. The Balaban J connectivity index is 1.40. The molecule has 1 saturated carbocycles. The highest BCUT2D eigenvalue weighted by Crippen LogP contribution is 2.43. The number of H-pyrrole nitrogens is 1. The Morgan fingerprint density at radius 2 is 2.03 bits per heavy atom. The van der Waals surface area contributed by atoms with Crippen molar-refractivity contribution in [3.63, 3.8) is 0 Å². The van der Waals surface area contributed by atoms with Crippen LogP contribution in [0.1, 0.15) is 74.8 Å². The predicted octanol–water partition coefficient (Wildman–Crippen LogP) is 3.36. The summed E-state index contributed by atoms with van der Waals surface area (Å²) in [4.78, 5) is 28.5. The zero-order valence-electron chi connectivity index (χ0n) is 20.3. The van der Waals surface area contributed by atoms with Crippen molar-refractivity contribution in [3.05, 3.63) is 40.5 Å². The summed E-state index contributed by atoms with van der Waals surface area (Å²) in [5.41, 5.74) is 3.13. The molecule has 2 aromatic rings. The average Bonchev–Trinajstić information content (AvgIpc) is 3.45. The molecule has 2 aliphatic heterocycles. The Kier molecular flexibility index (Phi) is 5.23. The predicted molar refractivity (Wildman–Crippen MR) is 122 cm³/mol. The van der Waals surface area contributed by atoms with Gasteiger partial charge in [-0.05, 0) is 47.6 Å². The summed E-state index contributed by atoms with van der Waals surface area (Å²) in [7, 11) is 2.21. The molecule has 0 radical (unpaired) electrons. The molecule has 1 atom stereocenters. The number of piperazine rings is 1. The number of hydrogen-bond donors (Lipinski definition) is 1. The van der Waals surface area contributed by atoms with Crippen molar-refractivity contribution in [2.24, 2.45) is 0 Å². The summed E-state index contributed by atoms with van der Waals surface area (Å²) >= 11 is 0. The maximum atomic E-state index is 14.2. The SMILES string of the molecule is Cc1cnc(F)c(Cc2[nH]nc3c2CN(C(=O)N2CC4(CCCC4)N(C)C[C@@H]2C)C3(C)C)n1. The van der Waals surface area contributed by atoms with E-state index < -0.39 is 11.5 Å². The maximum Gasteiger partial charge on any atom is 0.321 e. The zero-order valence-corrected chi connectivity index (χ0v) is 20.3. The molecule has 0 unspecified atom stereocenters. The first-order valence-electron chi connectivity index (χ1n) is 12.0. The van der Waals surface area contributed by atoms with Gasteiger partial charge in [-0.2, -0.15) is 9.49 Å². The number of amides is 2. The number of hydrogen-bond acceptors (Lipinski definition) is 5. The van der Waals surface area contributed by atoms with Crippen molar-refractivity contribution in [1.82, 2.24) is 34.9 Å². The molecule has 2 amide bonds. The molecule has 4 heterocycles. The fourth-order valence-electron chi connectivity index (χ4n) is 6.07. The normalized spacial score (nSPS) is 24.0. The average molecular weight is 456 g/mol. The first-order chi connectivity index (χ1) is 15.6. The standard InChI is InChI=1S/C24H34FN7O/c1-15-11-26-21(25)19(27-15)10-18-17-13-32(23(3,4)20(17)29-28-18)22(33)31-14-24(8-6-7-9-24)30(5)12-16(31)2/h11,16H,6-10,12-14H2,1-5H3,(H,28,29)/t16-/m0/s1. The van der Waals surface area contributed by atoms with Crippen molar-refractivity contribution in [2.45, 2.75) is 83.5 Å². The fraction of sp³-hybridized carbons (Fsp3) is 0.667. The first-order valence-corrected chi connectivity index (χ1v) is 12.0. The fourth-order valence-corrected chi connectivity index (χ4v) is 6.07. The molecule has 9 heteroatoms. The minimum Gasteiger partial charge on any atom is -0.319 e. The van der Waals surface area contributed by atoms with Gasteiger partial charge in [0.05, 0.1) is 29.7 Å². The van der Waals surface area contributed by atoms with E-state index in [0.29, 0.717) is 17.9 Å². The van der Waals surface area contributed by atoms with Crippen LogP contribution < -0.4 is 0 Å². The molecule has 8 nitrogen and oxygen atoms in total. The number of aromatic nitrogens is 4. The van der Waals surface area contributed by atoms with Gasteiger partial charge < -0.3 is 9.80 Å². The van der Waals surface area contributed by atoms with E-state index in [-0.39, 0.29) is 24.0 Å². The van der Waals surface area contributed by atoms with Crippen molar-refractivity contribution in [1.29, 1.82) is 0 Å². The number of nitrogens with one attached hydrogen (secondary N) is 1. The van der Waals surface area contributed by atoms with E-state index in [0.717, 1.165) is 42.9 Å². The van der Waals surface area contributed by atoms with Crippen LogP contribution in [0.3, 0.4) is 0 Å². The Bertz CT molecular complexity index is 1070. The number of urea groups is 1. The number of likely N-dealkylation sites (N-methyl/N-ethyl adjacent to an activating group) is 1. The lowest BCUT2D eigenvalue weighted by Crippen LogP contribution is -2.66. The van der Waals surface area contributed by atoms with Crippen LogP contribution in [0, 0.1) is 12.9 Å². The molecule has 178 valence electrons. The van der Waals surface area contributed by atoms with Crippen LogP contribution in [0.5, 0.6) is 0 Å². The van der Waals surface area contributed by atoms with E-state index in [1.807, 2.05) is 18.7 Å². The number of fused-ring (bicyclic) bond motifs is 1. The van der Waals surface area contributed by atoms with Crippen LogP contribution in [0.15, 0.2) is 6.20 Å². The third-order valence-corrected chi connectivity index (χ3v) is 8.14. The van der Waals surface area contributed by atoms with Gasteiger partial charge in [-0.3, -0.25) is 15.0 Å². The summed E-state index contributed by atoms with van der Waals surface area (Å²) in [6.45, 7) is 10.1. The maximum absolute atomic E-state index is 14.2. The Morgan fingerprint density at radius 3 is 2.76 bits per heavy atom. The van der Waals surface area contributed by atoms with Gasteiger partial charge in [0.1, 0.15) is 5.69 Å². The van der Waals surface area contributed by atoms with Gasteiger partial charge in [-0.25, -0.2) is 9.78 Å². The molecule has 1 spiro atoms. The van der Waals surface area contributed by atoms with Crippen molar-refractivity contribution < 1.29 is 9.18 Å². The monoisotopic (exact) mass is 455 g/mol. The molecular formula is C24H34FN7O. The van der Waals surface area contributed by atoms with Crippen LogP contribution in [-0.4, -0.2) is 72.6 Å². The van der Waals surface area contributed by atoms with Gasteiger partial charge in [-0.15, -0.1) is 0 Å². The molecule has 0 aromatic carbocycles. The second-order valence-electron chi connectivity index (χ2n) is 10.7. The number of carbonyl (C=O) groups excluding carboxylic acids is 1. The lowest BCUT2D eigenvalue weighted by atomic mass is 9.90. The summed E-state index contributed by atoms with van der Waals surface area (Å²) in [6.07, 6.45) is 6.46. The second kappa shape index (κ2) is 7.75. The van der Waals surface area contributed by atoms with E-state index in [1.54, 1.807) is 6.92 Å². The molecular weight excluding hydrogens is 421 g/mol. The van der Waals surface area contributed by atoms with E-state index in [9.17, 15) is 9.18 Å². The number of halogens is 1. The van der Waals surface area contributed by atoms with Gasteiger partial charge in [0.2, 0.25) is 5.95 Å². The van der Waals surface area contributed by atoms with Crippen LogP contribution in [0.4, 0.5) is 9.18 Å². The topological polar surface area (TPSA) is 81.2 Å². The number of carbonyl (C=O) groups is 1. The van der Waals surface area contributed by atoms with Crippen molar-refractivity contribution in [3.8, 4) is 0 Å². The summed E-state index contributed by atoms with van der Waals surface area (Å²) < 4.78 is 14.2. The molecule has 1 saturated heterocycles. The Hall–Kier alpha value is -2.55. The molecule has 33 heavy (non-hydrogen) atoms. The van der Waals surface area contributed by atoms with Crippen LogP contribution in [0.25, 0.3) is 0 Å². The van der Waals surface area contributed by atoms with Gasteiger partial charge in [0, 0.05) is 42.3 Å². The molecule has 0 bridgehead atoms. The number of aryl methyl sites for hydroxylation is 1. The van der Waals surface area contributed by atoms with E-state index in [4.69, 9.17) is 0 Å². The lowest BCUT2D eigenvalue weighted by Gasteiger charge is -2.52. The van der Waals surface area contributed by atoms with Crippen LogP contribution in [-0.2, 0) is 18.5 Å². The quantitative estimate of drug-likeness (QED) is 0.751. The molecule has 5 rings (SSSR count). The molecule has 2 aromatic heterocycles. The van der Waals surface area contributed by atoms with E-state index >= 15 is 0 Å². The highest BCUT2D eigenvalue weighted by Gasteiger charge is 2.50. The van der Waals surface area contributed by atoms with Crippen molar-refractivity contribution in [2.75, 3.05) is 20.1 Å². The Labute approximate surface area is 194 Å². The highest BCUT2D eigenvalue weighted by molar-refractivity contribution is 5.77. The van der Waals surface area contributed by atoms with E-state index in [2.05, 4.69) is 43.9 Å². The number of nitrogens with zero attached hydrogens (tertiary/aromatic N) is 6. The molecule has 2 fully saturated rings. The molecule has 1 N–H and O–H groups in total. The van der Waals surface area contributed by atoms with Crippen LogP contribution >= 0.6 is 0 Å². The van der Waals surface area contributed by atoms with Gasteiger partial charge in [-0.1, -0.05) is 12.8 Å². The zero-order chi connectivity index (χ0) is 23.5. The lowest BCUT2D eigenvalue weighted by molar-refractivity contribution is -0.00747. The highest BCUT2D eigenvalue weighted by atomic mass is 19.1. The number of aromatic amines is 1. The summed E-state index contributed by atoms with van der Waals surface area (Å²) in [5.74, 6) is -0.567. The summed E-state index contributed by atoms with van der Waals surface area (Å²) in [5, 5.41) is 7.64. The third-order valence-electron chi connectivity index (χ3n) is 8.14. The Morgan fingerprint density at radius 1 is 1.30 bits per heavy atom. The van der Waals surface area contributed by atoms with Gasteiger partial charge >= 0.3 is 6.03 Å².